The minimum Gasteiger partial charge on any atom is -0.439 e. The number of rotatable bonds is 7. The van der Waals surface area contributed by atoms with Crippen LogP contribution in [0.4, 0.5) is 10.5 Å². The average molecular weight is 353 g/mol. The van der Waals surface area contributed by atoms with Crippen LogP contribution in [0, 0.1) is 6.92 Å². The van der Waals surface area contributed by atoms with E-state index in [1.165, 1.54) is 0 Å². The van der Waals surface area contributed by atoms with Crippen LogP contribution in [-0.2, 0) is 6.42 Å². The second-order valence-electron chi connectivity index (χ2n) is 5.52. The first-order valence-electron chi connectivity index (χ1n) is 8.22. The van der Waals surface area contributed by atoms with Gasteiger partial charge >= 0.3 is 6.03 Å². The summed E-state index contributed by atoms with van der Waals surface area (Å²) in [7, 11) is 0. The molecule has 134 valence electrons. The zero-order valence-electron chi connectivity index (χ0n) is 14.3. The Hall–Kier alpha value is -3.42. The van der Waals surface area contributed by atoms with Crippen LogP contribution >= 0.6 is 0 Å². The zero-order valence-corrected chi connectivity index (χ0v) is 14.3. The third kappa shape index (κ3) is 5.30. The molecule has 0 spiro atoms. The topological polar surface area (TPSA) is 102 Å². The number of nitrogens with zero attached hydrogens (tertiary/aromatic N) is 3. The van der Waals surface area contributed by atoms with E-state index >= 15 is 0 Å². The number of ether oxygens (including phenoxy) is 1. The first-order valence-corrected chi connectivity index (χ1v) is 8.22. The summed E-state index contributed by atoms with van der Waals surface area (Å²) in [6.45, 7) is 2.26. The van der Waals surface area contributed by atoms with E-state index in [9.17, 15) is 4.79 Å². The fraction of sp³-hybridized carbons (Fsp3) is 0.222. The Morgan fingerprint density at radius 2 is 2.04 bits per heavy atom. The van der Waals surface area contributed by atoms with E-state index in [0.29, 0.717) is 48.4 Å². The predicted octanol–water partition coefficient (Wildman–Crippen LogP) is 3.32. The molecule has 0 saturated heterocycles. The normalized spacial score (nSPS) is 10.3. The van der Waals surface area contributed by atoms with Crippen molar-refractivity contribution in [2.75, 3.05) is 11.9 Å². The number of hydrogen-bond acceptors (Lipinski definition) is 6. The number of nitrogens with one attached hydrogen (secondary N) is 2. The maximum Gasteiger partial charge on any atom is 0.319 e. The van der Waals surface area contributed by atoms with Crippen molar-refractivity contribution in [1.82, 2.24) is 20.4 Å². The number of hydrogen-bond donors (Lipinski definition) is 2. The monoisotopic (exact) mass is 353 g/mol. The van der Waals surface area contributed by atoms with Crippen molar-refractivity contribution in [3.8, 4) is 11.6 Å². The summed E-state index contributed by atoms with van der Waals surface area (Å²) in [4.78, 5) is 20.2. The van der Waals surface area contributed by atoms with Crippen molar-refractivity contribution < 1.29 is 14.1 Å². The largest absolute Gasteiger partial charge is 0.439 e. The highest BCUT2D eigenvalue weighted by molar-refractivity contribution is 5.88. The van der Waals surface area contributed by atoms with E-state index < -0.39 is 0 Å². The number of pyridine rings is 1. The Balaban J connectivity index is 1.39. The van der Waals surface area contributed by atoms with Crippen molar-refractivity contribution in [2.24, 2.45) is 0 Å². The van der Waals surface area contributed by atoms with Crippen molar-refractivity contribution >= 4 is 11.7 Å². The number of amides is 2. The summed E-state index contributed by atoms with van der Waals surface area (Å²) in [6, 6.07) is 12.5. The molecule has 3 aromatic rings. The maximum absolute atomic E-state index is 11.9. The third-order valence-electron chi connectivity index (χ3n) is 3.38. The Morgan fingerprint density at radius 3 is 2.73 bits per heavy atom. The molecule has 8 heteroatoms. The molecule has 3 rings (SSSR count). The van der Waals surface area contributed by atoms with Crippen LogP contribution in [0.15, 0.2) is 53.2 Å². The summed E-state index contributed by atoms with van der Waals surface area (Å²) < 4.78 is 10.6. The van der Waals surface area contributed by atoms with E-state index in [1.54, 1.807) is 25.3 Å². The molecule has 0 aliphatic rings. The molecule has 0 saturated carbocycles. The van der Waals surface area contributed by atoms with Crippen LogP contribution < -0.4 is 15.4 Å². The smallest absolute Gasteiger partial charge is 0.319 e. The lowest BCUT2D eigenvalue weighted by molar-refractivity contribution is 0.251. The van der Waals surface area contributed by atoms with Crippen molar-refractivity contribution in [2.45, 2.75) is 19.8 Å². The van der Waals surface area contributed by atoms with Gasteiger partial charge in [0.15, 0.2) is 5.82 Å². The molecule has 0 radical (unpaired) electrons. The van der Waals surface area contributed by atoms with E-state index in [-0.39, 0.29) is 6.03 Å². The number of aryl methyl sites for hydroxylation is 2. The van der Waals surface area contributed by atoms with Crippen LogP contribution in [0.5, 0.6) is 11.6 Å². The molecular weight excluding hydrogens is 334 g/mol. The maximum atomic E-state index is 11.9. The number of carbonyl (C=O) groups excluding carboxylic acids is 1. The summed E-state index contributed by atoms with van der Waals surface area (Å²) in [5.41, 5.74) is 0.579. The molecule has 8 nitrogen and oxygen atoms in total. The number of urea groups is 1. The van der Waals surface area contributed by atoms with Crippen LogP contribution in [0.1, 0.15) is 18.1 Å². The Morgan fingerprint density at radius 1 is 1.19 bits per heavy atom. The van der Waals surface area contributed by atoms with Crippen LogP contribution in [0.25, 0.3) is 0 Å². The molecule has 2 N–H and O–H groups in total. The van der Waals surface area contributed by atoms with E-state index in [1.807, 2.05) is 30.3 Å². The molecule has 2 aromatic heterocycles. The minimum absolute atomic E-state index is 0.301. The van der Waals surface area contributed by atoms with Gasteiger partial charge in [0.1, 0.15) is 5.75 Å². The highest BCUT2D eigenvalue weighted by atomic mass is 16.5. The number of benzene rings is 1. The first kappa shape index (κ1) is 17.4. The minimum atomic E-state index is -0.301. The van der Waals surface area contributed by atoms with Gasteiger partial charge in [0, 0.05) is 19.0 Å². The quantitative estimate of drug-likeness (QED) is 0.632. The summed E-state index contributed by atoms with van der Waals surface area (Å²) in [5, 5.41) is 9.20. The molecule has 0 unspecified atom stereocenters. The number of anilines is 1. The van der Waals surface area contributed by atoms with Gasteiger partial charge in [0.25, 0.3) is 0 Å². The predicted molar refractivity (Wildman–Crippen MR) is 95.1 cm³/mol. The van der Waals surface area contributed by atoms with Crippen LogP contribution in [0.3, 0.4) is 0 Å². The number of aromatic nitrogens is 3. The standard InChI is InChI=1S/C18H19N5O3/c1-13-21-17(26-23-13)8-5-11-19-18(24)22-14-9-10-16(20-12-14)25-15-6-3-2-4-7-15/h2-4,6-7,9-10,12H,5,8,11H2,1H3,(H2,19,22,24). The van der Waals surface area contributed by atoms with Crippen molar-refractivity contribution in [3.05, 3.63) is 60.4 Å². The van der Waals surface area contributed by atoms with E-state index in [4.69, 9.17) is 9.26 Å². The molecule has 1 aromatic carbocycles. The highest BCUT2D eigenvalue weighted by Crippen LogP contribution is 2.19. The molecule has 0 bridgehead atoms. The van der Waals surface area contributed by atoms with Gasteiger partial charge < -0.3 is 19.9 Å². The summed E-state index contributed by atoms with van der Waals surface area (Å²) in [6.07, 6.45) is 2.87. The van der Waals surface area contributed by atoms with Gasteiger partial charge in [-0.1, -0.05) is 23.4 Å². The Labute approximate surface area is 150 Å². The second-order valence-corrected chi connectivity index (χ2v) is 5.52. The first-order chi connectivity index (χ1) is 12.7. The number of para-hydroxylation sites is 1. The van der Waals surface area contributed by atoms with Gasteiger partial charge in [-0.15, -0.1) is 0 Å². The van der Waals surface area contributed by atoms with E-state index in [0.717, 1.165) is 0 Å². The molecule has 0 fully saturated rings. The molecule has 2 heterocycles. The zero-order chi connectivity index (χ0) is 18.2. The van der Waals surface area contributed by atoms with Crippen LogP contribution in [0.2, 0.25) is 0 Å². The van der Waals surface area contributed by atoms with E-state index in [2.05, 4.69) is 25.8 Å². The van der Waals surface area contributed by atoms with Gasteiger partial charge in [0.05, 0.1) is 11.9 Å². The molecule has 0 aliphatic carbocycles. The van der Waals surface area contributed by atoms with Gasteiger partial charge in [-0.25, -0.2) is 9.78 Å². The summed E-state index contributed by atoms with van der Waals surface area (Å²) >= 11 is 0. The second kappa shape index (κ2) is 8.61. The van der Waals surface area contributed by atoms with Crippen molar-refractivity contribution in [1.29, 1.82) is 0 Å². The van der Waals surface area contributed by atoms with Gasteiger partial charge in [-0.2, -0.15) is 4.98 Å². The van der Waals surface area contributed by atoms with Gasteiger partial charge in [-0.3, -0.25) is 0 Å². The molecule has 2 amide bonds. The fourth-order valence-corrected chi connectivity index (χ4v) is 2.18. The van der Waals surface area contributed by atoms with Gasteiger partial charge in [0.2, 0.25) is 11.8 Å². The highest BCUT2D eigenvalue weighted by Gasteiger charge is 2.05. The Kier molecular flexibility index (Phi) is 5.76. The van der Waals surface area contributed by atoms with Gasteiger partial charge in [-0.05, 0) is 31.5 Å². The lowest BCUT2D eigenvalue weighted by atomic mass is 10.3. The molecule has 0 atom stereocenters. The lowest BCUT2D eigenvalue weighted by Gasteiger charge is -2.08. The molecule has 26 heavy (non-hydrogen) atoms. The average Bonchev–Trinajstić information content (AvgIpc) is 3.07. The molecular formula is C18H19N5O3. The lowest BCUT2D eigenvalue weighted by Crippen LogP contribution is -2.29. The SMILES string of the molecule is Cc1noc(CCCNC(=O)Nc2ccc(Oc3ccccc3)nc2)n1. The summed E-state index contributed by atoms with van der Waals surface area (Å²) in [5.74, 6) is 2.34. The molecule has 0 aliphatic heterocycles. The van der Waals surface area contributed by atoms with Crippen molar-refractivity contribution in [3.63, 3.8) is 0 Å². The Bertz CT molecular complexity index is 834. The van der Waals surface area contributed by atoms with Crippen LogP contribution in [-0.4, -0.2) is 27.7 Å². The number of carbonyl (C=O) groups is 1. The fourth-order valence-electron chi connectivity index (χ4n) is 2.18. The third-order valence-corrected chi connectivity index (χ3v) is 3.38.